The third-order valence-electron chi connectivity index (χ3n) is 5.49. The van der Waals surface area contributed by atoms with Crippen LogP contribution in [0.25, 0.3) is 0 Å². The van der Waals surface area contributed by atoms with Gasteiger partial charge in [-0.3, -0.25) is 9.89 Å². The fourth-order valence-corrected chi connectivity index (χ4v) is 3.76. The molecule has 0 aromatic heterocycles. The molecule has 0 radical (unpaired) electrons. The molecule has 1 aromatic rings. The van der Waals surface area contributed by atoms with Gasteiger partial charge in [-0.2, -0.15) is 0 Å². The summed E-state index contributed by atoms with van der Waals surface area (Å²) in [6.07, 6.45) is 0.879. The fraction of sp³-hybridized carbons (Fsp3) is 0.632. The number of nitrogens with zero attached hydrogens (tertiary/aromatic N) is 4. The second-order valence-corrected chi connectivity index (χ2v) is 7.52. The summed E-state index contributed by atoms with van der Waals surface area (Å²) in [5.74, 6) is -0.293. The number of nitrogens with one attached hydrogen (secondary N) is 2. The maximum atomic E-state index is 14.0. The van der Waals surface area contributed by atoms with Crippen molar-refractivity contribution in [3.63, 3.8) is 0 Å². The molecule has 2 aliphatic rings. The first-order valence-electron chi connectivity index (χ1n) is 9.52. The normalized spacial score (nSPS) is 24.2. The van der Waals surface area contributed by atoms with Gasteiger partial charge in [0, 0.05) is 64.5 Å². The van der Waals surface area contributed by atoms with Gasteiger partial charge in [0.05, 0.1) is 5.69 Å². The Hall–Kier alpha value is -1.20. The molecule has 2 heterocycles. The Balaban J connectivity index is 0.00000280. The Kier molecular flexibility index (Phi) is 8.69. The minimum Gasteiger partial charge on any atom is -0.367 e. The Bertz CT molecular complexity index is 674. The summed E-state index contributed by atoms with van der Waals surface area (Å²) >= 11 is 0. The van der Waals surface area contributed by atoms with Crippen LogP contribution in [0.4, 0.5) is 14.5 Å². The Morgan fingerprint density at radius 1 is 1.18 bits per heavy atom. The number of rotatable bonds is 4. The van der Waals surface area contributed by atoms with Crippen LogP contribution in [-0.4, -0.2) is 88.3 Å². The third kappa shape index (κ3) is 5.90. The van der Waals surface area contributed by atoms with E-state index >= 15 is 0 Å². The highest BCUT2D eigenvalue weighted by atomic mass is 127. The van der Waals surface area contributed by atoms with E-state index in [1.165, 1.54) is 12.1 Å². The topological polar surface area (TPSA) is 46.1 Å². The second kappa shape index (κ2) is 10.5. The molecule has 0 saturated carbocycles. The molecular formula is C19H31F2IN6. The highest BCUT2D eigenvalue weighted by Crippen LogP contribution is 2.24. The highest BCUT2D eigenvalue weighted by Gasteiger charge is 2.26. The monoisotopic (exact) mass is 508 g/mol. The van der Waals surface area contributed by atoms with Gasteiger partial charge in [-0.25, -0.2) is 8.78 Å². The van der Waals surface area contributed by atoms with Gasteiger partial charge in [-0.15, -0.1) is 24.0 Å². The molecule has 2 N–H and O–H groups in total. The van der Waals surface area contributed by atoms with Crippen molar-refractivity contribution < 1.29 is 8.78 Å². The van der Waals surface area contributed by atoms with Crippen molar-refractivity contribution in [2.24, 2.45) is 4.99 Å². The summed E-state index contributed by atoms with van der Waals surface area (Å²) in [6, 6.07) is 4.37. The molecule has 2 atom stereocenters. The number of piperazine rings is 1. The van der Waals surface area contributed by atoms with Gasteiger partial charge in [-0.1, -0.05) is 0 Å². The molecule has 3 rings (SSSR count). The van der Waals surface area contributed by atoms with Crippen LogP contribution in [-0.2, 0) is 0 Å². The van der Waals surface area contributed by atoms with Crippen LogP contribution in [0.5, 0.6) is 0 Å². The summed E-state index contributed by atoms with van der Waals surface area (Å²) in [5, 5.41) is 6.85. The van der Waals surface area contributed by atoms with Crippen molar-refractivity contribution in [3.05, 3.63) is 29.8 Å². The number of aliphatic imine (C=N–C) groups is 1. The number of likely N-dealkylation sites (N-methyl/N-ethyl adjacent to an activating group) is 2. The second-order valence-electron chi connectivity index (χ2n) is 7.52. The van der Waals surface area contributed by atoms with Crippen LogP contribution in [0.3, 0.4) is 0 Å². The van der Waals surface area contributed by atoms with E-state index in [9.17, 15) is 8.78 Å². The molecule has 0 bridgehead atoms. The van der Waals surface area contributed by atoms with Crippen molar-refractivity contribution in [1.82, 2.24) is 20.4 Å². The van der Waals surface area contributed by atoms with Gasteiger partial charge in [0.2, 0.25) is 0 Å². The molecule has 2 aliphatic heterocycles. The van der Waals surface area contributed by atoms with Crippen LogP contribution in [0, 0.1) is 11.6 Å². The molecule has 9 heteroatoms. The minimum atomic E-state index is -0.548. The maximum absolute atomic E-state index is 14.0. The number of guanidine groups is 1. The molecule has 0 aliphatic carbocycles. The van der Waals surface area contributed by atoms with Crippen molar-refractivity contribution in [2.45, 2.75) is 18.5 Å². The Morgan fingerprint density at radius 3 is 2.68 bits per heavy atom. The number of halogens is 3. The maximum Gasteiger partial charge on any atom is 0.191 e. The van der Waals surface area contributed by atoms with E-state index < -0.39 is 11.6 Å². The van der Waals surface area contributed by atoms with Crippen LogP contribution in [0.1, 0.15) is 6.42 Å². The van der Waals surface area contributed by atoms with Crippen LogP contribution >= 0.6 is 24.0 Å². The van der Waals surface area contributed by atoms with Crippen LogP contribution in [0.15, 0.2) is 23.2 Å². The largest absolute Gasteiger partial charge is 0.367 e. The van der Waals surface area contributed by atoms with Gasteiger partial charge < -0.3 is 20.4 Å². The van der Waals surface area contributed by atoms with Gasteiger partial charge in [-0.05, 0) is 32.6 Å². The summed E-state index contributed by atoms with van der Waals surface area (Å²) in [6.45, 7) is 5.40. The Labute approximate surface area is 183 Å². The molecule has 2 saturated heterocycles. The zero-order chi connectivity index (χ0) is 19.4. The van der Waals surface area contributed by atoms with E-state index in [0.29, 0.717) is 18.3 Å². The summed E-state index contributed by atoms with van der Waals surface area (Å²) in [7, 11) is 6.06. The van der Waals surface area contributed by atoms with E-state index in [4.69, 9.17) is 0 Å². The summed E-state index contributed by atoms with van der Waals surface area (Å²) in [4.78, 5) is 11.0. The molecule has 0 amide bonds. The van der Waals surface area contributed by atoms with Crippen LogP contribution < -0.4 is 15.5 Å². The number of benzene rings is 1. The first-order chi connectivity index (χ1) is 13.0. The predicted octanol–water partition coefficient (Wildman–Crippen LogP) is 1.57. The molecule has 28 heavy (non-hydrogen) atoms. The van der Waals surface area contributed by atoms with Crippen molar-refractivity contribution in [2.75, 3.05) is 65.3 Å². The van der Waals surface area contributed by atoms with E-state index in [-0.39, 0.29) is 30.0 Å². The smallest absolute Gasteiger partial charge is 0.191 e. The van der Waals surface area contributed by atoms with Gasteiger partial charge in [0.15, 0.2) is 5.96 Å². The van der Waals surface area contributed by atoms with E-state index in [1.807, 2.05) is 4.90 Å². The quantitative estimate of drug-likeness (QED) is 0.368. The highest BCUT2D eigenvalue weighted by molar-refractivity contribution is 14.0. The van der Waals surface area contributed by atoms with E-state index in [1.54, 1.807) is 7.05 Å². The zero-order valence-electron chi connectivity index (χ0n) is 16.8. The van der Waals surface area contributed by atoms with Gasteiger partial charge in [0.25, 0.3) is 0 Å². The molecule has 158 valence electrons. The van der Waals surface area contributed by atoms with Crippen LogP contribution in [0.2, 0.25) is 0 Å². The van der Waals surface area contributed by atoms with Crippen molar-refractivity contribution in [1.29, 1.82) is 0 Å². The lowest BCUT2D eigenvalue weighted by molar-refractivity contribution is 0.116. The average molecular weight is 508 g/mol. The zero-order valence-corrected chi connectivity index (χ0v) is 19.1. The Morgan fingerprint density at radius 2 is 1.96 bits per heavy atom. The van der Waals surface area contributed by atoms with Crippen molar-refractivity contribution in [3.8, 4) is 0 Å². The predicted molar refractivity (Wildman–Crippen MR) is 121 cm³/mol. The molecule has 6 nitrogen and oxygen atoms in total. The number of hydrogen-bond donors (Lipinski definition) is 2. The van der Waals surface area contributed by atoms with Gasteiger partial charge >= 0.3 is 0 Å². The van der Waals surface area contributed by atoms with E-state index in [2.05, 4.69) is 39.5 Å². The lowest BCUT2D eigenvalue weighted by atomic mass is 10.2. The fourth-order valence-electron chi connectivity index (χ4n) is 3.76. The minimum absolute atomic E-state index is 0. The lowest BCUT2D eigenvalue weighted by Crippen LogP contribution is -2.56. The number of hydrogen-bond acceptors (Lipinski definition) is 4. The standard InChI is InChI=1S/C19H30F2N6.HI/c1-22-19(23-11-16-13-25(2)8-9-26(16)3)24-15-6-7-27(12-15)18-5-4-14(20)10-17(18)21;/h4-5,10,15-16H,6-9,11-13H2,1-3H3,(H2,22,23,24);1H. The average Bonchev–Trinajstić information content (AvgIpc) is 3.09. The molecule has 1 aromatic carbocycles. The molecule has 0 spiro atoms. The molecular weight excluding hydrogens is 477 g/mol. The first kappa shape index (κ1) is 23.1. The van der Waals surface area contributed by atoms with E-state index in [0.717, 1.165) is 51.2 Å². The first-order valence-corrected chi connectivity index (χ1v) is 9.52. The SMILES string of the molecule is CN=C(NCC1CN(C)CCN1C)NC1CCN(c2ccc(F)cc2F)C1.I. The summed E-state index contributed by atoms with van der Waals surface area (Å²) in [5.41, 5.74) is 0.454. The third-order valence-corrected chi connectivity index (χ3v) is 5.49. The molecule has 2 fully saturated rings. The van der Waals surface area contributed by atoms with Gasteiger partial charge in [0.1, 0.15) is 11.6 Å². The lowest BCUT2D eigenvalue weighted by Gasteiger charge is -2.38. The van der Waals surface area contributed by atoms with Crippen molar-refractivity contribution >= 4 is 35.6 Å². The number of anilines is 1. The molecule has 2 unspecified atom stereocenters. The summed E-state index contributed by atoms with van der Waals surface area (Å²) < 4.78 is 27.1.